The fourth-order valence-corrected chi connectivity index (χ4v) is 3.78. The van der Waals surface area contributed by atoms with Crippen LogP contribution in [0.2, 0.25) is 0 Å². The first-order chi connectivity index (χ1) is 12.7. The Hall–Kier alpha value is -2.37. The molecule has 1 aromatic rings. The molecule has 6 heteroatoms. The Morgan fingerprint density at radius 2 is 1.92 bits per heavy atom. The molecule has 2 aliphatic rings. The number of carbonyl (C=O) groups is 2. The smallest absolute Gasteiger partial charge is 0.245 e. The van der Waals surface area contributed by atoms with Crippen molar-refractivity contribution in [3.63, 3.8) is 0 Å². The van der Waals surface area contributed by atoms with E-state index in [1.54, 1.807) is 4.90 Å². The van der Waals surface area contributed by atoms with Gasteiger partial charge >= 0.3 is 0 Å². The number of pyridine rings is 1. The van der Waals surface area contributed by atoms with Crippen LogP contribution in [0.3, 0.4) is 0 Å². The summed E-state index contributed by atoms with van der Waals surface area (Å²) < 4.78 is 0. The number of nitrogens with one attached hydrogen (secondary N) is 1. The van der Waals surface area contributed by atoms with E-state index >= 15 is 0 Å². The Morgan fingerprint density at radius 3 is 2.62 bits per heavy atom. The molecule has 3 heterocycles. The zero-order valence-electron chi connectivity index (χ0n) is 15.3. The third-order valence-corrected chi connectivity index (χ3v) is 5.33. The number of nitrogens with zero attached hydrogens (tertiary/aromatic N) is 3. The molecule has 0 spiro atoms. The topological polar surface area (TPSA) is 65.5 Å². The molecule has 1 N–H and O–H groups in total. The number of likely N-dealkylation sites (tertiary alicyclic amines) is 1. The Morgan fingerprint density at radius 1 is 1.19 bits per heavy atom. The lowest BCUT2D eigenvalue weighted by molar-refractivity contribution is -0.132. The molecule has 2 saturated heterocycles. The van der Waals surface area contributed by atoms with Crippen LogP contribution in [0.4, 0.5) is 5.82 Å². The maximum absolute atomic E-state index is 12.5. The summed E-state index contributed by atoms with van der Waals surface area (Å²) in [5, 5.41) is 3.08. The van der Waals surface area contributed by atoms with Crippen molar-refractivity contribution in [1.82, 2.24) is 15.2 Å². The average molecular weight is 356 g/mol. The van der Waals surface area contributed by atoms with Crippen LogP contribution in [0.15, 0.2) is 31.0 Å². The lowest BCUT2D eigenvalue weighted by Crippen LogP contribution is -2.42. The van der Waals surface area contributed by atoms with Crippen LogP contribution in [-0.2, 0) is 16.1 Å². The summed E-state index contributed by atoms with van der Waals surface area (Å²) in [6.45, 7) is 7.33. The summed E-state index contributed by atoms with van der Waals surface area (Å²) in [6, 6.07) is 3.97. The maximum Gasteiger partial charge on any atom is 0.245 e. The SMILES string of the molecule is C=CC(=O)N1CCC(C(=O)NCc2cccnc2N2CCCCC2)CC1. The Balaban J connectivity index is 1.54. The highest BCUT2D eigenvalue weighted by Crippen LogP contribution is 2.22. The van der Waals surface area contributed by atoms with Crippen LogP contribution in [0.1, 0.15) is 37.7 Å². The van der Waals surface area contributed by atoms with Crippen molar-refractivity contribution in [3.8, 4) is 0 Å². The summed E-state index contributed by atoms with van der Waals surface area (Å²) in [7, 11) is 0. The van der Waals surface area contributed by atoms with E-state index < -0.39 is 0 Å². The van der Waals surface area contributed by atoms with Crippen LogP contribution in [0, 0.1) is 5.92 Å². The van der Waals surface area contributed by atoms with Gasteiger partial charge in [0.1, 0.15) is 5.82 Å². The zero-order valence-corrected chi connectivity index (χ0v) is 15.3. The monoisotopic (exact) mass is 356 g/mol. The third kappa shape index (κ3) is 4.42. The predicted octanol–water partition coefficient (Wildman–Crippen LogP) is 2.11. The summed E-state index contributed by atoms with van der Waals surface area (Å²) in [4.78, 5) is 32.8. The van der Waals surface area contributed by atoms with E-state index in [0.29, 0.717) is 32.5 Å². The number of hydrogen-bond donors (Lipinski definition) is 1. The van der Waals surface area contributed by atoms with Crippen LogP contribution in [0.25, 0.3) is 0 Å². The number of hydrogen-bond acceptors (Lipinski definition) is 4. The summed E-state index contributed by atoms with van der Waals surface area (Å²) in [6.07, 6.45) is 8.25. The third-order valence-electron chi connectivity index (χ3n) is 5.33. The van der Waals surface area contributed by atoms with E-state index in [2.05, 4.69) is 21.8 Å². The van der Waals surface area contributed by atoms with E-state index in [4.69, 9.17) is 0 Å². The van der Waals surface area contributed by atoms with E-state index in [0.717, 1.165) is 24.5 Å². The first-order valence-electron chi connectivity index (χ1n) is 9.57. The molecule has 0 aliphatic carbocycles. The van der Waals surface area contributed by atoms with E-state index in [-0.39, 0.29) is 17.7 Å². The van der Waals surface area contributed by atoms with Crippen LogP contribution < -0.4 is 10.2 Å². The van der Waals surface area contributed by atoms with Crippen molar-refractivity contribution in [2.75, 3.05) is 31.1 Å². The van der Waals surface area contributed by atoms with Gasteiger partial charge in [-0.3, -0.25) is 9.59 Å². The van der Waals surface area contributed by atoms with Crippen molar-refractivity contribution in [1.29, 1.82) is 0 Å². The standard InChI is InChI=1S/C20H28N4O2/c1-2-18(25)23-13-8-16(9-14-23)20(26)22-15-17-7-6-10-21-19(17)24-11-4-3-5-12-24/h2,6-7,10,16H,1,3-5,8-9,11-15H2,(H,22,26). The molecule has 2 aliphatic heterocycles. The van der Waals surface area contributed by atoms with Crippen molar-refractivity contribution in [2.45, 2.75) is 38.6 Å². The summed E-state index contributed by atoms with van der Waals surface area (Å²) in [5.41, 5.74) is 1.07. The molecular formula is C20H28N4O2. The number of amides is 2. The fraction of sp³-hybridized carbons (Fsp3) is 0.550. The minimum atomic E-state index is -0.0506. The minimum Gasteiger partial charge on any atom is -0.356 e. The Kier molecular flexibility index (Phi) is 6.26. The second-order valence-corrected chi connectivity index (χ2v) is 7.06. The van der Waals surface area contributed by atoms with Crippen molar-refractivity contribution < 1.29 is 9.59 Å². The molecule has 0 radical (unpaired) electrons. The molecule has 26 heavy (non-hydrogen) atoms. The molecule has 0 bridgehead atoms. The second kappa shape index (κ2) is 8.83. The van der Waals surface area contributed by atoms with Crippen molar-refractivity contribution >= 4 is 17.6 Å². The quantitative estimate of drug-likeness (QED) is 0.821. The van der Waals surface area contributed by atoms with Gasteiger partial charge in [0.25, 0.3) is 0 Å². The maximum atomic E-state index is 12.5. The fourth-order valence-electron chi connectivity index (χ4n) is 3.78. The Bertz CT molecular complexity index is 647. The zero-order chi connectivity index (χ0) is 18.4. The van der Waals surface area contributed by atoms with Gasteiger partial charge in [-0.05, 0) is 44.2 Å². The highest BCUT2D eigenvalue weighted by molar-refractivity contribution is 5.87. The number of aromatic nitrogens is 1. The van der Waals surface area contributed by atoms with Gasteiger partial charge < -0.3 is 15.1 Å². The molecule has 2 amide bonds. The van der Waals surface area contributed by atoms with Crippen molar-refractivity contribution in [2.24, 2.45) is 5.92 Å². The van der Waals surface area contributed by atoms with E-state index in [9.17, 15) is 9.59 Å². The molecule has 0 atom stereocenters. The van der Waals surface area contributed by atoms with Gasteiger partial charge in [-0.25, -0.2) is 4.98 Å². The number of rotatable bonds is 5. The van der Waals surface area contributed by atoms with Gasteiger partial charge in [-0.1, -0.05) is 12.6 Å². The molecule has 2 fully saturated rings. The normalized spacial score (nSPS) is 18.5. The van der Waals surface area contributed by atoms with E-state index in [1.807, 2.05) is 18.3 Å². The molecule has 0 aromatic carbocycles. The molecule has 3 rings (SSSR count). The summed E-state index contributed by atoms with van der Waals surface area (Å²) in [5.74, 6) is 0.993. The Labute approximate surface area is 155 Å². The van der Waals surface area contributed by atoms with Crippen molar-refractivity contribution in [3.05, 3.63) is 36.5 Å². The van der Waals surface area contributed by atoms with Gasteiger partial charge in [0.15, 0.2) is 0 Å². The second-order valence-electron chi connectivity index (χ2n) is 7.06. The number of piperidine rings is 2. The predicted molar refractivity (Wildman–Crippen MR) is 102 cm³/mol. The van der Waals surface area contributed by atoms with E-state index in [1.165, 1.54) is 25.3 Å². The molecular weight excluding hydrogens is 328 g/mol. The number of carbonyl (C=O) groups excluding carboxylic acids is 2. The van der Waals surface area contributed by atoms with Crippen LogP contribution in [0.5, 0.6) is 0 Å². The molecule has 140 valence electrons. The van der Waals surface area contributed by atoms with Gasteiger partial charge in [0.2, 0.25) is 11.8 Å². The molecule has 0 saturated carbocycles. The minimum absolute atomic E-state index is 0.0287. The number of anilines is 1. The van der Waals surface area contributed by atoms with Gasteiger partial charge in [0, 0.05) is 50.4 Å². The largest absolute Gasteiger partial charge is 0.356 e. The van der Waals surface area contributed by atoms with Crippen LogP contribution >= 0.6 is 0 Å². The first kappa shape index (κ1) is 18.4. The highest BCUT2D eigenvalue weighted by atomic mass is 16.2. The average Bonchev–Trinajstić information content (AvgIpc) is 2.72. The first-order valence-corrected chi connectivity index (χ1v) is 9.57. The summed E-state index contributed by atoms with van der Waals surface area (Å²) >= 11 is 0. The molecule has 0 unspecified atom stereocenters. The van der Waals surface area contributed by atoms with Crippen LogP contribution in [-0.4, -0.2) is 47.9 Å². The molecule has 6 nitrogen and oxygen atoms in total. The highest BCUT2D eigenvalue weighted by Gasteiger charge is 2.26. The lowest BCUT2D eigenvalue weighted by atomic mass is 9.95. The van der Waals surface area contributed by atoms with Gasteiger partial charge in [0.05, 0.1) is 0 Å². The van der Waals surface area contributed by atoms with Gasteiger partial charge in [-0.2, -0.15) is 0 Å². The molecule has 1 aromatic heterocycles. The van der Waals surface area contributed by atoms with Gasteiger partial charge in [-0.15, -0.1) is 0 Å². The lowest BCUT2D eigenvalue weighted by Gasteiger charge is -2.31.